The van der Waals surface area contributed by atoms with Gasteiger partial charge in [0.2, 0.25) is 0 Å². The van der Waals surface area contributed by atoms with E-state index in [0.717, 1.165) is 11.1 Å². The monoisotopic (exact) mass is 230 g/mol. The molecule has 0 aliphatic rings. The summed E-state index contributed by atoms with van der Waals surface area (Å²) >= 11 is 5.83. The molecule has 1 N–H and O–H groups in total. The van der Waals surface area contributed by atoms with E-state index < -0.39 is 0 Å². The van der Waals surface area contributed by atoms with Crippen LogP contribution >= 0.6 is 11.6 Å². The van der Waals surface area contributed by atoms with Gasteiger partial charge in [0.1, 0.15) is 11.8 Å². The fraction of sp³-hybridized carbons (Fsp3) is 0. The highest BCUT2D eigenvalue weighted by Crippen LogP contribution is 2.26. The number of nitrogens with zero attached hydrogens (tertiary/aromatic N) is 2. The molecule has 16 heavy (non-hydrogen) atoms. The molecule has 4 heteroatoms. The number of aromatic nitrogens is 1. The Kier molecular flexibility index (Phi) is 2.76. The van der Waals surface area contributed by atoms with Crippen molar-refractivity contribution in [1.29, 1.82) is 5.26 Å². The molecule has 2 rings (SSSR count). The molecule has 0 amide bonds. The largest absolute Gasteiger partial charge is 0.506 e. The third-order valence-corrected chi connectivity index (χ3v) is 2.47. The second kappa shape index (κ2) is 4.21. The van der Waals surface area contributed by atoms with Gasteiger partial charge in [-0.2, -0.15) is 5.26 Å². The van der Waals surface area contributed by atoms with Gasteiger partial charge >= 0.3 is 0 Å². The molecule has 0 saturated carbocycles. The highest BCUT2D eigenvalue weighted by molar-refractivity contribution is 6.31. The summed E-state index contributed by atoms with van der Waals surface area (Å²) in [7, 11) is 0. The Hall–Kier alpha value is -2.05. The molecule has 0 aliphatic carbocycles. The van der Waals surface area contributed by atoms with Gasteiger partial charge in [-0.3, -0.25) is 4.98 Å². The van der Waals surface area contributed by atoms with Crippen molar-refractivity contribution in [2.75, 3.05) is 0 Å². The van der Waals surface area contributed by atoms with E-state index in [2.05, 4.69) is 4.98 Å². The average Bonchev–Trinajstić information content (AvgIpc) is 2.29. The Morgan fingerprint density at radius 2 is 2.00 bits per heavy atom. The molecule has 0 radical (unpaired) electrons. The van der Waals surface area contributed by atoms with Crippen molar-refractivity contribution in [3.8, 4) is 22.9 Å². The SMILES string of the molecule is N#Cc1cc(-c2cncc(O)c2)ccc1Cl. The van der Waals surface area contributed by atoms with Crippen molar-refractivity contribution in [3.63, 3.8) is 0 Å². The molecule has 0 bridgehead atoms. The average molecular weight is 231 g/mol. The zero-order valence-corrected chi connectivity index (χ0v) is 8.94. The van der Waals surface area contributed by atoms with Crippen molar-refractivity contribution in [2.45, 2.75) is 0 Å². The van der Waals surface area contributed by atoms with E-state index in [0.29, 0.717) is 10.6 Å². The van der Waals surface area contributed by atoms with Crippen LogP contribution < -0.4 is 0 Å². The second-order valence-electron chi connectivity index (χ2n) is 3.24. The molecule has 0 unspecified atom stereocenters. The molecule has 1 aromatic carbocycles. The van der Waals surface area contributed by atoms with Crippen molar-refractivity contribution >= 4 is 11.6 Å². The Bertz CT molecular complexity index is 575. The topological polar surface area (TPSA) is 56.9 Å². The zero-order valence-electron chi connectivity index (χ0n) is 8.18. The summed E-state index contributed by atoms with van der Waals surface area (Å²) in [5, 5.41) is 18.6. The maximum absolute atomic E-state index is 9.30. The van der Waals surface area contributed by atoms with Gasteiger partial charge < -0.3 is 5.11 Å². The Balaban J connectivity index is 2.54. The van der Waals surface area contributed by atoms with Gasteiger partial charge in [0.15, 0.2) is 0 Å². The summed E-state index contributed by atoms with van der Waals surface area (Å²) in [5.41, 5.74) is 1.94. The fourth-order valence-electron chi connectivity index (χ4n) is 1.38. The minimum Gasteiger partial charge on any atom is -0.506 e. The van der Waals surface area contributed by atoms with Crippen LogP contribution in [0.1, 0.15) is 5.56 Å². The zero-order chi connectivity index (χ0) is 11.5. The van der Waals surface area contributed by atoms with E-state index in [1.54, 1.807) is 30.5 Å². The summed E-state index contributed by atoms with van der Waals surface area (Å²) in [6, 6.07) is 8.68. The van der Waals surface area contributed by atoms with Gasteiger partial charge in [-0.15, -0.1) is 0 Å². The quantitative estimate of drug-likeness (QED) is 0.819. The predicted molar refractivity (Wildman–Crippen MR) is 61.1 cm³/mol. The van der Waals surface area contributed by atoms with Crippen LogP contribution in [0.3, 0.4) is 0 Å². The van der Waals surface area contributed by atoms with Crippen molar-refractivity contribution in [3.05, 3.63) is 47.2 Å². The lowest BCUT2D eigenvalue weighted by molar-refractivity contribution is 0.473. The summed E-state index contributed by atoms with van der Waals surface area (Å²) in [5.74, 6) is 0.0888. The van der Waals surface area contributed by atoms with Crippen LogP contribution in [0.15, 0.2) is 36.7 Å². The molecule has 0 spiro atoms. The molecule has 1 heterocycles. The van der Waals surface area contributed by atoms with Gasteiger partial charge in [-0.05, 0) is 23.8 Å². The maximum atomic E-state index is 9.30. The number of halogens is 1. The van der Waals surface area contributed by atoms with Gasteiger partial charge in [-0.1, -0.05) is 17.7 Å². The molecular weight excluding hydrogens is 224 g/mol. The number of pyridine rings is 1. The van der Waals surface area contributed by atoms with Crippen LogP contribution in [-0.2, 0) is 0 Å². The summed E-state index contributed by atoms with van der Waals surface area (Å²) in [6.45, 7) is 0. The van der Waals surface area contributed by atoms with Crippen molar-refractivity contribution in [1.82, 2.24) is 4.98 Å². The first kappa shape index (κ1) is 10.5. The number of hydrogen-bond donors (Lipinski definition) is 1. The molecule has 0 saturated heterocycles. The minimum absolute atomic E-state index is 0.0888. The molecular formula is C12H7ClN2O. The first-order valence-electron chi connectivity index (χ1n) is 4.55. The van der Waals surface area contributed by atoms with Crippen LogP contribution in [-0.4, -0.2) is 10.1 Å². The number of nitriles is 1. The number of hydrogen-bond acceptors (Lipinski definition) is 3. The first-order valence-corrected chi connectivity index (χ1v) is 4.92. The van der Waals surface area contributed by atoms with Gasteiger partial charge in [-0.25, -0.2) is 0 Å². The van der Waals surface area contributed by atoms with E-state index in [1.165, 1.54) is 6.20 Å². The lowest BCUT2D eigenvalue weighted by Gasteiger charge is -2.03. The van der Waals surface area contributed by atoms with Crippen molar-refractivity contribution in [2.24, 2.45) is 0 Å². The normalized spacial score (nSPS) is 9.75. The van der Waals surface area contributed by atoms with E-state index in [1.807, 2.05) is 6.07 Å². The Labute approximate surface area is 97.6 Å². The molecule has 0 fully saturated rings. The molecule has 0 atom stereocenters. The number of rotatable bonds is 1. The van der Waals surface area contributed by atoms with Crippen LogP contribution in [0.4, 0.5) is 0 Å². The third kappa shape index (κ3) is 1.97. The molecule has 3 nitrogen and oxygen atoms in total. The molecule has 0 aliphatic heterocycles. The second-order valence-corrected chi connectivity index (χ2v) is 3.65. The van der Waals surface area contributed by atoms with E-state index in [9.17, 15) is 5.11 Å². The maximum Gasteiger partial charge on any atom is 0.134 e. The summed E-state index contributed by atoms with van der Waals surface area (Å²) in [4.78, 5) is 3.87. The lowest BCUT2D eigenvalue weighted by Crippen LogP contribution is -1.83. The highest BCUT2D eigenvalue weighted by Gasteiger charge is 2.04. The number of aromatic hydroxyl groups is 1. The predicted octanol–water partition coefficient (Wildman–Crippen LogP) is 2.98. The fourth-order valence-corrected chi connectivity index (χ4v) is 1.54. The van der Waals surface area contributed by atoms with Crippen LogP contribution in [0.5, 0.6) is 5.75 Å². The standard InChI is InChI=1S/C12H7ClN2O/c13-12-2-1-8(3-9(12)5-14)10-4-11(16)7-15-6-10/h1-4,6-7,16H. The van der Waals surface area contributed by atoms with Crippen LogP contribution in [0.2, 0.25) is 5.02 Å². The van der Waals surface area contributed by atoms with Gasteiger partial charge in [0.05, 0.1) is 16.8 Å². The smallest absolute Gasteiger partial charge is 0.134 e. The van der Waals surface area contributed by atoms with Crippen LogP contribution in [0.25, 0.3) is 11.1 Å². The van der Waals surface area contributed by atoms with Gasteiger partial charge in [0, 0.05) is 11.8 Å². The first-order chi connectivity index (χ1) is 7.70. The molecule has 1 aromatic heterocycles. The Morgan fingerprint density at radius 1 is 1.19 bits per heavy atom. The lowest BCUT2D eigenvalue weighted by atomic mass is 10.1. The van der Waals surface area contributed by atoms with E-state index in [-0.39, 0.29) is 5.75 Å². The van der Waals surface area contributed by atoms with Gasteiger partial charge in [0.25, 0.3) is 0 Å². The van der Waals surface area contributed by atoms with E-state index >= 15 is 0 Å². The van der Waals surface area contributed by atoms with Crippen LogP contribution in [0, 0.1) is 11.3 Å². The minimum atomic E-state index is 0.0888. The number of benzene rings is 1. The van der Waals surface area contributed by atoms with Crippen molar-refractivity contribution < 1.29 is 5.11 Å². The highest BCUT2D eigenvalue weighted by atomic mass is 35.5. The molecule has 78 valence electrons. The molecule has 2 aromatic rings. The summed E-state index contributed by atoms with van der Waals surface area (Å²) in [6.07, 6.45) is 2.97. The third-order valence-electron chi connectivity index (χ3n) is 2.14. The summed E-state index contributed by atoms with van der Waals surface area (Å²) < 4.78 is 0. The van der Waals surface area contributed by atoms with E-state index in [4.69, 9.17) is 16.9 Å². The Morgan fingerprint density at radius 3 is 2.69 bits per heavy atom.